The van der Waals surface area contributed by atoms with Gasteiger partial charge in [0.1, 0.15) is 31.5 Å². The van der Waals surface area contributed by atoms with Gasteiger partial charge >= 0.3 is 18.5 Å². The maximum Gasteiger partial charge on any atom is 0.495 e. The third kappa shape index (κ3) is 24.9. The van der Waals surface area contributed by atoms with Crippen molar-refractivity contribution in [1.29, 1.82) is 0 Å². The molecule has 41 heavy (non-hydrogen) atoms. The first-order chi connectivity index (χ1) is 19.2. The Bertz CT molecular complexity index is 692. The van der Waals surface area contributed by atoms with Crippen LogP contribution in [0.2, 0.25) is 0 Å². The smallest absolute Gasteiger partial charge is 0.394 e. The highest BCUT2D eigenvalue weighted by molar-refractivity contribution is 4.60. The van der Waals surface area contributed by atoms with Crippen LogP contribution in [0.3, 0.4) is 0 Å². The van der Waals surface area contributed by atoms with E-state index in [1.165, 1.54) is 0 Å². The van der Waals surface area contributed by atoms with Crippen molar-refractivity contribution in [1.82, 2.24) is 0 Å². The summed E-state index contributed by atoms with van der Waals surface area (Å²) in [7, 11) is 0. The number of aliphatic hydroxyl groups is 4. The Labute approximate surface area is 232 Å². The number of aliphatic hydroxyl groups excluding tert-OH is 4. The molecule has 244 valence electrons. The van der Waals surface area contributed by atoms with E-state index in [-0.39, 0.29) is 59.4 Å². The minimum Gasteiger partial charge on any atom is -0.394 e. The molecule has 0 aliphatic heterocycles. The van der Waals surface area contributed by atoms with Gasteiger partial charge in [-0.05, 0) is 0 Å². The van der Waals surface area contributed by atoms with Gasteiger partial charge in [0.2, 0.25) is 6.54 Å². The fourth-order valence-corrected chi connectivity index (χ4v) is 2.50. The summed E-state index contributed by atoms with van der Waals surface area (Å²) in [5.74, 6) is 0. The second-order valence-corrected chi connectivity index (χ2v) is 8.19. The van der Waals surface area contributed by atoms with Crippen molar-refractivity contribution in [3.63, 3.8) is 0 Å². The maximum atomic E-state index is 13.6. The monoisotopic (exact) mass is 621 g/mol. The Balaban J connectivity index is 4.14. The minimum atomic E-state index is -5.47. The maximum absolute atomic E-state index is 13.6. The van der Waals surface area contributed by atoms with E-state index in [0.29, 0.717) is 6.42 Å². The van der Waals surface area contributed by atoms with Gasteiger partial charge in [0.15, 0.2) is 0 Å². The minimum absolute atomic E-state index is 0.0216. The SMILES string of the molecule is [C-]#[N+]CCCOCC(O)COCCOCC(F)(F)OC(F)(F)OC(F)(F)COCC(O)COCC(O)COCCO. The highest BCUT2D eigenvalue weighted by Gasteiger charge is 2.52. The largest absolute Gasteiger partial charge is 0.495 e. The summed E-state index contributed by atoms with van der Waals surface area (Å²) in [6, 6.07) is 0. The van der Waals surface area contributed by atoms with Crippen molar-refractivity contribution in [2.45, 2.75) is 43.2 Å². The van der Waals surface area contributed by atoms with Gasteiger partial charge in [-0.1, -0.05) is 0 Å². The number of halogens is 6. The van der Waals surface area contributed by atoms with Gasteiger partial charge in [-0.2, -0.15) is 17.6 Å². The van der Waals surface area contributed by atoms with Crippen molar-refractivity contribution >= 4 is 0 Å². The number of hydrogen-bond acceptors (Lipinski definition) is 12. The van der Waals surface area contributed by atoms with E-state index >= 15 is 0 Å². The molecule has 0 heterocycles. The number of alkyl halides is 6. The van der Waals surface area contributed by atoms with E-state index in [2.05, 4.69) is 23.8 Å². The molecule has 0 saturated heterocycles. The van der Waals surface area contributed by atoms with Crippen LogP contribution in [0, 0.1) is 6.57 Å². The van der Waals surface area contributed by atoms with Crippen LogP contribution >= 0.6 is 0 Å². The van der Waals surface area contributed by atoms with E-state index in [0.717, 1.165) is 0 Å². The lowest BCUT2D eigenvalue weighted by molar-refractivity contribution is -0.518. The van der Waals surface area contributed by atoms with Crippen molar-refractivity contribution < 1.29 is 84.7 Å². The molecule has 0 aromatic rings. The zero-order chi connectivity index (χ0) is 31.2. The zero-order valence-electron chi connectivity index (χ0n) is 22.1. The molecule has 0 radical (unpaired) electrons. The lowest BCUT2D eigenvalue weighted by Gasteiger charge is -2.26. The molecule has 13 nitrogen and oxygen atoms in total. The molecule has 0 amide bonds. The lowest BCUT2D eigenvalue weighted by Crippen LogP contribution is -2.44. The van der Waals surface area contributed by atoms with Crippen LogP contribution < -0.4 is 0 Å². The van der Waals surface area contributed by atoms with Crippen LogP contribution in [0.5, 0.6) is 0 Å². The quantitative estimate of drug-likeness (QED) is 0.0409. The Morgan fingerprint density at radius 2 is 1.00 bits per heavy atom. The Morgan fingerprint density at radius 1 is 0.585 bits per heavy atom. The molecule has 0 aromatic heterocycles. The standard InChI is InChI=1S/C22H37F6NO12/c1-29-3-2-5-34-9-17(31)11-36-7-8-37-15-20(23,24)40-22(27,28)41-21(25,26)16-39-14-19(33)13-38-12-18(32)10-35-6-4-30/h17-19,30-33H,2-16H2. The number of nitrogens with zero attached hydrogens (tertiary/aromatic N) is 1. The van der Waals surface area contributed by atoms with Gasteiger partial charge < -0.3 is 53.7 Å². The predicted molar refractivity (Wildman–Crippen MR) is 123 cm³/mol. The summed E-state index contributed by atoms with van der Waals surface area (Å²) >= 11 is 0. The molecule has 0 aliphatic rings. The highest BCUT2D eigenvalue weighted by Crippen LogP contribution is 2.33. The first kappa shape index (κ1) is 39.6. The summed E-state index contributed by atoms with van der Waals surface area (Å²) < 4.78 is 116. The van der Waals surface area contributed by atoms with Crippen LogP contribution in [0.4, 0.5) is 26.3 Å². The molecular formula is C22H37F6NO12. The molecule has 19 heteroatoms. The molecule has 0 aliphatic carbocycles. The number of ether oxygens (including phenoxy) is 8. The van der Waals surface area contributed by atoms with Gasteiger partial charge in [-0.15, -0.1) is 8.78 Å². The Morgan fingerprint density at radius 3 is 1.51 bits per heavy atom. The van der Waals surface area contributed by atoms with Gasteiger partial charge in [0, 0.05) is 6.42 Å². The van der Waals surface area contributed by atoms with E-state index in [1.807, 2.05) is 0 Å². The van der Waals surface area contributed by atoms with Gasteiger partial charge in [0.25, 0.3) is 0 Å². The molecule has 4 N–H and O–H groups in total. The fraction of sp³-hybridized carbons (Fsp3) is 0.955. The molecule has 0 aromatic carbocycles. The number of hydrogen-bond donors (Lipinski definition) is 4. The van der Waals surface area contributed by atoms with Crippen molar-refractivity contribution in [2.24, 2.45) is 0 Å². The molecule has 0 rings (SSSR count). The zero-order valence-corrected chi connectivity index (χ0v) is 22.1. The molecule has 3 atom stereocenters. The first-order valence-electron chi connectivity index (χ1n) is 12.2. The van der Waals surface area contributed by atoms with E-state index in [1.54, 1.807) is 0 Å². The third-order valence-corrected chi connectivity index (χ3v) is 4.10. The lowest BCUT2D eigenvalue weighted by atomic mass is 10.4. The second kappa shape index (κ2) is 22.2. The van der Waals surface area contributed by atoms with Crippen LogP contribution in [-0.2, 0) is 37.9 Å². The summed E-state index contributed by atoms with van der Waals surface area (Å²) in [5.41, 5.74) is 0. The van der Waals surface area contributed by atoms with Crippen LogP contribution in [-0.4, -0.2) is 150 Å². The Kier molecular flexibility index (Phi) is 21.4. The highest BCUT2D eigenvalue weighted by atomic mass is 19.3. The Hall–Kier alpha value is -1.41. The van der Waals surface area contributed by atoms with Crippen molar-refractivity contribution in [3.05, 3.63) is 11.4 Å². The fourth-order valence-electron chi connectivity index (χ4n) is 2.50. The molecule has 0 spiro atoms. The summed E-state index contributed by atoms with van der Waals surface area (Å²) in [6.45, 7) is 0.133. The third-order valence-electron chi connectivity index (χ3n) is 4.10. The topological polar surface area (TPSA) is 159 Å². The summed E-state index contributed by atoms with van der Waals surface area (Å²) in [5, 5.41) is 37.2. The van der Waals surface area contributed by atoms with Crippen molar-refractivity contribution in [3.8, 4) is 0 Å². The number of rotatable bonds is 28. The average Bonchev–Trinajstić information content (AvgIpc) is 2.84. The van der Waals surface area contributed by atoms with Crippen molar-refractivity contribution in [2.75, 3.05) is 92.4 Å². The molecular weight excluding hydrogens is 584 g/mol. The van der Waals surface area contributed by atoms with Crippen LogP contribution in [0.1, 0.15) is 6.42 Å². The van der Waals surface area contributed by atoms with Gasteiger partial charge in [-0.25, -0.2) is 16.0 Å². The molecule has 0 fully saturated rings. The average molecular weight is 622 g/mol. The van der Waals surface area contributed by atoms with Gasteiger partial charge in [0.05, 0.1) is 72.7 Å². The predicted octanol–water partition coefficient (Wildman–Crippen LogP) is 0.239. The summed E-state index contributed by atoms with van der Waals surface area (Å²) in [6.07, 6.45) is -18.2. The molecule has 0 saturated carbocycles. The van der Waals surface area contributed by atoms with E-state index < -0.39 is 69.9 Å². The normalized spacial score (nSPS) is 15.0. The first-order valence-corrected chi connectivity index (χ1v) is 12.2. The van der Waals surface area contributed by atoms with E-state index in [9.17, 15) is 41.7 Å². The van der Waals surface area contributed by atoms with Crippen LogP contribution in [0.15, 0.2) is 0 Å². The molecule has 3 unspecified atom stereocenters. The van der Waals surface area contributed by atoms with Crippen LogP contribution in [0.25, 0.3) is 4.85 Å². The van der Waals surface area contributed by atoms with E-state index in [4.69, 9.17) is 30.6 Å². The second-order valence-electron chi connectivity index (χ2n) is 8.19. The summed E-state index contributed by atoms with van der Waals surface area (Å²) in [4.78, 5) is 3.11. The molecule has 0 bridgehead atoms. The van der Waals surface area contributed by atoms with Gasteiger partial charge in [-0.3, -0.25) is 0 Å².